The van der Waals surface area contributed by atoms with Crippen LogP contribution in [-0.2, 0) is 0 Å². The fraction of sp³-hybridized carbons (Fsp3) is 0.333. The Morgan fingerprint density at radius 1 is 1.14 bits per heavy atom. The zero-order valence-electron chi connectivity index (χ0n) is 13.2. The Hall–Kier alpha value is -1.32. The summed E-state index contributed by atoms with van der Waals surface area (Å²) in [7, 11) is 2.00. The Kier molecular flexibility index (Phi) is 5.43. The molecule has 0 aliphatic rings. The molecule has 112 valence electrons. The smallest absolute Gasteiger partial charge is 0.0459 e. The number of para-hydroxylation sites is 1. The monoisotopic (exact) mass is 346 g/mol. The first-order valence-electron chi connectivity index (χ1n) is 7.38. The van der Waals surface area contributed by atoms with Crippen LogP contribution in [0.4, 0.5) is 11.4 Å². The number of anilines is 2. The molecule has 0 spiro atoms. The van der Waals surface area contributed by atoms with Crippen LogP contribution < -0.4 is 10.2 Å². The van der Waals surface area contributed by atoms with Crippen LogP contribution in [0.1, 0.15) is 31.0 Å². The van der Waals surface area contributed by atoms with E-state index in [4.69, 9.17) is 0 Å². The summed E-state index contributed by atoms with van der Waals surface area (Å²) >= 11 is 3.59. The second kappa shape index (κ2) is 7.10. The van der Waals surface area contributed by atoms with Gasteiger partial charge in [-0.2, -0.15) is 0 Å². The van der Waals surface area contributed by atoms with Crippen LogP contribution in [0.3, 0.4) is 0 Å². The molecule has 0 aliphatic heterocycles. The number of nitrogens with zero attached hydrogens (tertiary/aromatic N) is 1. The van der Waals surface area contributed by atoms with Gasteiger partial charge < -0.3 is 10.2 Å². The predicted molar refractivity (Wildman–Crippen MR) is 95.5 cm³/mol. The molecule has 1 unspecified atom stereocenters. The summed E-state index contributed by atoms with van der Waals surface area (Å²) in [6.07, 6.45) is 0. The highest BCUT2D eigenvalue weighted by molar-refractivity contribution is 9.10. The summed E-state index contributed by atoms with van der Waals surface area (Å²) in [5, 5.41) is 3.35. The number of benzene rings is 2. The van der Waals surface area contributed by atoms with Crippen LogP contribution >= 0.6 is 15.9 Å². The van der Waals surface area contributed by atoms with Crippen LogP contribution in [0, 0.1) is 6.92 Å². The van der Waals surface area contributed by atoms with Crippen LogP contribution in [0.2, 0.25) is 0 Å². The van der Waals surface area contributed by atoms with Gasteiger partial charge >= 0.3 is 0 Å². The van der Waals surface area contributed by atoms with E-state index in [9.17, 15) is 0 Å². The Morgan fingerprint density at radius 2 is 1.86 bits per heavy atom. The van der Waals surface area contributed by atoms with Gasteiger partial charge in [-0.05, 0) is 63.2 Å². The molecule has 0 aromatic heterocycles. The van der Waals surface area contributed by atoms with E-state index < -0.39 is 0 Å². The van der Waals surface area contributed by atoms with Crippen molar-refractivity contribution in [2.45, 2.75) is 26.8 Å². The molecule has 21 heavy (non-hydrogen) atoms. The summed E-state index contributed by atoms with van der Waals surface area (Å²) < 4.78 is 1.11. The highest BCUT2D eigenvalue weighted by Gasteiger charge is 2.16. The Balaban J connectivity index is 2.55. The van der Waals surface area contributed by atoms with E-state index in [1.165, 1.54) is 22.5 Å². The van der Waals surface area contributed by atoms with Crippen molar-refractivity contribution in [3.63, 3.8) is 0 Å². The minimum atomic E-state index is 0.301. The number of hydrogen-bond acceptors (Lipinski definition) is 2. The minimum absolute atomic E-state index is 0.301. The second-order valence-electron chi connectivity index (χ2n) is 5.24. The van der Waals surface area contributed by atoms with Crippen molar-refractivity contribution in [1.82, 2.24) is 5.32 Å². The standard InChI is InChI=1S/C18H23BrN2/c1-5-21(17-9-7-6-8-13(17)2)18-11-10-15(19)12-16(18)14(3)20-4/h6-12,14,20H,5H2,1-4H3. The number of halogens is 1. The molecule has 0 aliphatic carbocycles. The van der Waals surface area contributed by atoms with Crippen molar-refractivity contribution >= 4 is 27.3 Å². The molecule has 1 atom stereocenters. The highest BCUT2D eigenvalue weighted by Crippen LogP contribution is 2.35. The fourth-order valence-corrected chi connectivity index (χ4v) is 2.99. The van der Waals surface area contributed by atoms with Gasteiger partial charge in [-0.3, -0.25) is 0 Å². The van der Waals surface area contributed by atoms with Gasteiger partial charge in [-0.25, -0.2) is 0 Å². The second-order valence-corrected chi connectivity index (χ2v) is 6.16. The summed E-state index contributed by atoms with van der Waals surface area (Å²) in [4.78, 5) is 2.38. The first-order chi connectivity index (χ1) is 10.1. The lowest BCUT2D eigenvalue weighted by Gasteiger charge is -2.29. The molecule has 2 aromatic carbocycles. The third kappa shape index (κ3) is 3.47. The number of hydrogen-bond donors (Lipinski definition) is 1. The predicted octanol–water partition coefficient (Wildman–Crippen LogP) is 5.20. The Bertz CT molecular complexity index is 610. The first kappa shape index (κ1) is 16.1. The molecule has 0 fully saturated rings. The molecule has 0 amide bonds. The molecule has 2 aromatic rings. The van der Waals surface area contributed by atoms with Gasteiger partial charge in [0, 0.05) is 28.4 Å². The molecule has 2 rings (SSSR count). The quantitative estimate of drug-likeness (QED) is 0.800. The van der Waals surface area contributed by atoms with Gasteiger partial charge in [-0.15, -0.1) is 0 Å². The van der Waals surface area contributed by atoms with Gasteiger partial charge in [0.1, 0.15) is 0 Å². The third-order valence-electron chi connectivity index (χ3n) is 3.90. The zero-order chi connectivity index (χ0) is 15.4. The number of aryl methyl sites for hydroxylation is 1. The number of nitrogens with one attached hydrogen (secondary N) is 1. The molecular formula is C18H23BrN2. The molecule has 3 heteroatoms. The van der Waals surface area contributed by atoms with Crippen LogP contribution in [0.5, 0.6) is 0 Å². The molecule has 0 saturated carbocycles. The van der Waals surface area contributed by atoms with E-state index in [0.29, 0.717) is 6.04 Å². The summed E-state index contributed by atoms with van der Waals surface area (Å²) in [5.41, 5.74) is 5.13. The van der Waals surface area contributed by atoms with Crippen molar-refractivity contribution in [2.75, 3.05) is 18.5 Å². The van der Waals surface area contributed by atoms with E-state index in [1.807, 2.05) is 7.05 Å². The molecule has 0 saturated heterocycles. The van der Waals surface area contributed by atoms with E-state index in [0.717, 1.165) is 11.0 Å². The topological polar surface area (TPSA) is 15.3 Å². The highest BCUT2D eigenvalue weighted by atomic mass is 79.9. The van der Waals surface area contributed by atoms with Gasteiger partial charge in [-0.1, -0.05) is 34.1 Å². The van der Waals surface area contributed by atoms with Crippen LogP contribution in [0.15, 0.2) is 46.9 Å². The molecule has 1 N–H and O–H groups in total. The lowest BCUT2D eigenvalue weighted by atomic mass is 10.0. The maximum atomic E-state index is 3.59. The third-order valence-corrected chi connectivity index (χ3v) is 4.40. The van der Waals surface area contributed by atoms with Crippen molar-refractivity contribution < 1.29 is 0 Å². The lowest BCUT2D eigenvalue weighted by Crippen LogP contribution is -2.22. The Labute approximate surface area is 136 Å². The van der Waals surface area contributed by atoms with E-state index in [1.54, 1.807) is 0 Å². The zero-order valence-corrected chi connectivity index (χ0v) is 14.7. The fourth-order valence-electron chi connectivity index (χ4n) is 2.61. The average molecular weight is 347 g/mol. The lowest BCUT2D eigenvalue weighted by molar-refractivity contribution is 0.651. The average Bonchev–Trinajstić information content (AvgIpc) is 2.50. The molecular weight excluding hydrogens is 324 g/mol. The van der Waals surface area contributed by atoms with Gasteiger partial charge in [0.25, 0.3) is 0 Å². The van der Waals surface area contributed by atoms with Gasteiger partial charge in [0.2, 0.25) is 0 Å². The molecule has 2 nitrogen and oxygen atoms in total. The van der Waals surface area contributed by atoms with Gasteiger partial charge in [0.15, 0.2) is 0 Å². The maximum Gasteiger partial charge on any atom is 0.0459 e. The van der Waals surface area contributed by atoms with E-state index in [2.05, 4.69) is 89.4 Å². The van der Waals surface area contributed by atoms with Crippen molar-refractivity contribution in [3.05, 3.63) is 58.1 Å². The van der Waals surface area contributed by atoms with Crippen molar-refractivity contribution in [1.29, 1.82) is 0 Å². The normalized spacial score (nSPS) is 12.2. The molecule has 0 bridgehead atoms. The Morgan fingerprint density at radius 3 is 2.48 bits per heavy atom. The molecule has 0 heterocycles. The maximum absolute atomic E-state index is 3.59. The minimum Gasteiger partial charge on any atom is -0.341 e. The van der Waals surface area contributed by atoms with Crippen molar-refractivity contribution in [3.8, 4) is 0 Å². The first-order valence-corrected chi connectivity index (χ1v) is 8.17. The van der Waals surface area contributed by atoms with E-state index >= 15 is 0 Å². The van der Waals surface area contributed by atoms with Crippen LogP contribution in [-0.4, -0.2) is 13.6 Å². The van der Waals surface area contributed by atoms with E-state index in [-0.39, 0.29) is 0 Å². The van der Waals surface area contributed by atoms with Crippen molar-refractivity contribution in [2.24, 2.45) is 0 Å². The molecule has 0 radical (unpaired) electrons. The summed E-state index contributed by atoms with van der Waals surface area (Å²) in [6, 6.07) is 15.4. The summed E-state index contributed by atoms with van der Waals surface area (Å²) in [6.45, 7) is 7.49. The van der Waals surface area contributed by atoms with Gasteiger partial charge in [0.05, 0.1) is 0 Å². The SMILES string of the molecule is CCN(c1ccccc1C)c1ccc(Br)cc1C(C)NC. The summed E-state index contributed by atoms with van der Waals surface area (Å²) in [5.74, 6) is 0. The largest absolute Gasteiger partial charge is 0.341 e. The van der Waals surface area contributed by atoms with Crippen LogP contribution in [0.25, 0.3) is 0 Å². The number of rotatable bonds is 5.